The zero-order valence-corrected chi connectivity index (χ0v) is 28.4. The summed E-state index contributed by atoms with van der Waals surface area (Å²) in [6, 6.07) is 28.2. The second-order valence-electron chi connectivity index (χ2n) is 9.58. The van der Waals surface area contributed by atoms with Gasteiger partial charge < -0.3 is 13.6 Å². The van der Waals surface area contributed by atoms with Crippen molar-refractivity contribution in [1.82, 2.24) is 9.97 Å². The van der Waals surface area contributed by atoms with Crippen LogP contribution in [-0.2, 0) is 7.59 Å². The van der Waals surface area contributed by atoms with Crippen molar-refractivity contribution < 1.29 is 13.6 Å². The fraction of sp³-hybridized carbons (Fsp3) is 0.0625. The summed E-state index contributed by atoms with van der Waals surface area (Å²) in [5, 5.41) is 0.425. The van der Waals surface area contributed by atoms with Crippen LogP contribution in [0.25, 0.3) is 45.6 Å². The first kappa shape index (κ1) is 32.4. The molecule has 13 heteroatoms. The van der Waals surface area contributed by atoms with E-state index in [4.69, 9.17) is 106 Å². The highest BCUT2D eigenvalue weighted by Gasteiger charge is 2.24. The predicted molar refractivity (Wildman–Crippen MR) is 183 cm³/mol. The molecule has 0 fully saturated rings. The molecule has 0 amide bonds. The SMILES string of the molecule is Clc1nc(-c2ccc(Oc3ccc(-c4nc(Cl)c(-c5ccc(C(Cl)(Cl)Cl)cc5)o4)cc3)cc2)oc1-c1ccc(C(Cl)(Cl)Cl)cc1. The van der Waals surface area contributed by atoms with Gasteiger partial charge in [-0.1, -0.05) is 141 Å². The number of alkyl halides is 6. The summed E-state index contributed by atoms with van der Waals surface area (Å²) in [6.45, 7) is 0. The molecule has 0 atom stereocenters. The van der Waals surface area contributed by atoms with E-state index >= 15 is 0 Å². The molecule has 0 aliphatic rings. The van der Waals surface area contributed by atoms with Gasteiger partial charge in [0.15, 0.2) is 21.8 Å². The zero-order valence-electron chi connectivity index (χ0n) is 22.4. The Balaban J connectivity index is 1.13. The molecule has 0 saturated carbocycles. The van der Waals surface area contributed by atoms with Gasteiger partial charge in [-0.3, -0.25) is 0 Å². The number of hydrogen-bond acceptors (Lipinski definition) is 5. The Morgan fingerprint density at radius 1 is 0.444 bits per heavy atom. The molecule has 45 heavy (non-hydrogen) atoms. The van der Waals surface area contributed by atoms with E-state index in [-0.39, 0.29) is 10.3 Å². The highest BCUT2D eigenvalue weighted by molar-refractivity contribution is 6.67. The van der Waals surface area contributed by atoms with E-state index in [0.29, 0.717) is 68.2 Å². The lowest BCUT2D eigenvalue weighted by atomic mass is 10.1. The molecule has 0 N–H and O–H groups in total. The summed E-state index contributed by atoms with van der Waals surface area (Å²) < 4.78 is 14.9. The van der Waals surface area contributed by atoms with Crippen molar-refractivity contribution in [3.8, 4) is 57.1 Å². The summed E-state index contributed by atoms with van der Waals surface area (Å²) in [7, 11) is 0. The molecular weight excluding hydrogens is 744 g/mol. The number of rotatable bonds is 6. The van der Waals surface area contributed by atoms with E-state index in [0.717, 1.165) is 0 Å². The Morgan fingerprint density at radius 3 is 1.07 bits per heavy atom. The van der Waals surface area contributed by atoms with Crippen LogP contribution >= 0.6 is 92.8 Å². The summed E-state index contributed by atoms with van der Waals surface area (Å²) in [5.41, 5.74) is 3.85. The van der Waals surface area contributed by atoms with Gasteiger partial charge in [0.25, 0.3) is 0 Å². The molecule has 6 aromatic rings. The molecule has 2 aromatic heterocycles. The Hall–Kier alpha value is -2.58. The van der Waals surface area contributed by atoms with Crippen molar-refractivity contribution >= 4 is 92.8 Å². The maximum Gasteiger partial charge on any atom is 0.228 e. The average Bonchev–Trinajstić information content (AvgIpc) is 3.60. The lowest BCUT2D eigenvalue weighted by Crippen LogP contribution is -1.98. The van der Waals surface area contributed by atoms with Crippen LogP contribution in [-0.4, -0.2) is 9.97 Å². The maximum atomic E-state index is 6.38. The number of aromatic nitrogens is 2. The quantitative estimate of drug-likeness (QED) is 0.158. The topological polar surface area (TPSA) is 61.3 Å². The fourth-order valence-corrected chi connectivity index (χ4v) is 5.50. The van der Waals surface area contributed by atoms with Crippen molar-refractivity contribution in [2.24, 2.45) is 0 Å². The third kappa shape index (κ3) is 7.38. The molecular formula is C32H16Cl8N2O3. The zero-order chi connectivity index (χ0) is 31.9. The normalized spacial score (nSPS) is 12.0. The van der Waals surface area contributed by atoms with Gasteiger partial charge in [-0.25, -0.2) is 0 Å². The Labute approximate surface area is 297 Å². The monoisotopic (exact) mass is 756 g/mol. The van der Waals surface area contributed by atoms with Crippen molar-refractivity contribution in [3.63, 3.8) is 0 Å². The molecule has 4 aromatic carbocycles. The predicted octanol–water partition coefficient (Wildman–Crippen LogP) is 13.1. The molecule has 228 valence electrons. The van der Waals surface area contributed by atoms with Gasteiger partial charge >= 0.3 is 0 Å². The van der Waals surface area contributed by atoms with Gasteiger partial charge in [-0.2, -0.15) is 9.97 Å². The second-order valence-corrected chi connectivity index (χ2v) is 14.9. The van der Waals surface area contributed by atoms with Crippen LogP contribution < -0.4 is 4.74 Å². The largest absolute Gasteiger partial charge is 0.457 e. The first-order chi connectivity index (χ1) is 21.3. The van der Waals surface area contributed by atoms with E-state index in [9.17, 15) is 0 Å². The minimum Gasteiger partial charge on any atom is -0.457 e. The highest BCUT2D eigenvalue weighted by atomic mass is 35.6. The molecule has 0 radical (unpaired) electrons. The Kier molecular flexibility index (Phi) is 9.28. The van der Waals surface area contributed by atoms with Gasteiger partial charge in [0, 0.05) is 33.4 Å². The summed E-state index contributed by atoms with van der Waals surface area (Å²) in [6.07, 6.45) is 0. The molecule has 0 spiro atoms. The van der Waals surface area contributed by atoms with Crippen molar-refractivity contribution in [2.45, 2.75) is 7.59 Å². The van der Waals surface area contributed by atoms with Gasteiger partial charge in [-0.05, 0) is 48.5 Å². The lowest BCUT2D eigenvalue weighted by Gasteiger charge is -2.11. The van der Waals surface area contributed by atoms with Crippen LogP contribution in [0.5, 0.6) is 11.5 Å². The molecule has 5 nitrogen and oxygen atoms in total. The Bertz CT molecular complexity index is 1800. The van der Waals surface area contributed by atoms with Crippen LogP contribution in [0.2, 0.25) is 10.3 Å². The smallest absolute Gasteiger partial charge is 0.228 e. The van der Waals surface area contributed by atoms with Crippen LogP contribution in [0, 0.1) is 0 Å². The fourth-order valence-electron chi connectivity index (χ4n) is 4.29. The average molecular weight is 760 g/mol. The highest BCUT2D eigenvalue weighted by Crippen LogP contribution is 2.41. The number of oxazole rings is 2. The van der Waals surface area contributed by atoms with Crippen LogP contribution in [0.4, 0.5) is 0 Å². The number of halogens is 8. The number of benzene rings is 4. The van der Waals surface area contributed by atoms with Crippen molar-refractivity contribution in [2.75, 3.05) is 0 Å². The summed E-state index contributed by atoms with van der Waals surface area (Å²) in [4.78, 5) is 8.72. The first-order valence-electron chi connectivity index (χ1n) is 12.9. The van der Waals surface area contributed by atoms with E-state index in [2.05, 4.69) is 9.97 Å². The molecule has 2 heterocycles. The van der Waals surface area contributed by atoms with Crippen molar-refractivity contribution in [1.29, 1.82) is 0 Å². The molecule has 0 aliphatic carbocycles. The molecule has 0 unspecified atom stereocenters. The molecule has 0 bridgehead atoms. The third-order valence-electron chi connectivity index (χ3n) is 6.56. The van der Waals surface area contributed by atoms with Crippen LogP contribution in [0.1, 0.15) is 11.1 Å². The van der Waals surface area contributed by atoms with Gasteiger partial charge in [0.1, 0.15) is 11.5 Å². The minimum atomic E-state index is -1.53. The summed E-state index contributed by atoms with van der Waals surface area (Å²) in [5.74, 6) is 2.71. The number of nitrogens with zero attached hydrogens (tertiary/aromatic N) is 2. The van der Waals surface area contributed by atoms with E-state index < -0.39 is 7.59 Å². The first-order valence-corrected chi connectivity index (χ1v) is 15.9. The molecule has 0 saturated heterocycles. The third-order valence-corrected chi connectivity index (χ3v) is 8.38. The number of ether oxygens (including phenoxy) is 1. The van der Waals surface area contributed by atoms with Crippen LogP contribution in [0.15, 0.2) is 106 Å². The second kappa shape index (κ2) is 12.9. The van der Waals surface area contributed by atoms with E-state index in [1.165, 1.54) is 0 Å². The molecule has 6 rings (SSSR count). The minimum absolute atomic E-state index is 0.212. The Morgan fingerprint density at radius 2 is 0.756 bits per heavy atom. The summed E-state index contributed by atoms with van der Waals surface area (Å²) >= 11 is 48.4. The van der Waals surface area contributed by atoms with Gasteiger partial charge in [-0.15, -0.1) is 0 Å². The maximum absolute atomic E-state index is 6.38. The number of hydrogen-bond donors (Lipinski definition) is 0. The van der Waals surface area contributed by atoms with Crippen LogP contribution in [0.3, 0.4) is 0 Å². The van der Waals surface area contributed by atoms with Crippen molar-refractivity contribution in [3.05, 3.63) is 118 Å². The van der Waals surface area contributed by atoms with Gasteiger partial charge in [0.05, 0.1) is 0 Å². The lowest BCUT2D eigenvalue weighted by molar-refractivity contribution is 0.482. The standard InChI is InChI=1S/C32H16Cl8N2O3/c33-27-25(17-1-9-21(10-2-17)31(35,36)37)44-29(41-27)19-5-13-23(14-6-19)43-24-15-7-20(8-16-24)30-42-28(34)26(45-30)18-3-11-22(12-4-18)32(38,39)40/h1-16H. The van der Waals surface area contributed by atoms with Gasteiger partial charge in [0.2, 0.25) is 19.4 Å². The van der Waals surface area contributed by atoms with E-state index in [1.807, 2.05) is 24.3 Å². The van der Waals surface area contributed by atoms with E-state index in [1.54, 1.807) is 72.8 Å². The molecule has 0 aliphatic heterocycles.